The molecule has 30 heavy (non-hydrogen) atoms. The number of likely N-dealkylation sites (tertiary alicyclic amines) is 1. The van der Waals surface area contributed by atoms with Crippen molar-refractivity contribution in [1.29, 1.82) is 0 Å². The highest BCUT2D eigenvalue weighted by Gasteiger charge is 2.26. The van der Waals surface area contributed by atoms with E-state index in [0.29, 0.717) is 42.0 Å². The highest BCUT2D eigenvalue weighted by atomic mass is 32.1. The van der Waals surface area contributed by atoms with E-state index in [4.69, 9.17) is 4.98 Å². The molecule has 4 aromatic rings. The van der Waals surface area contributed by atoms with Crippen LogP contribution >= 0.6 is 11.3 Å². The SMILES string of the molecule is O=C(CCc1nc2ccccc2c(=O)[nH]1)N1CCCC(c2nc3ccccc3s2)C1. The van der Waals surface area contributed by atoms with Gasteiger partial charge in [-0.2, -0.15) is 0 Å². The summed E-state index contributed by atoms with van der Waals surface area (Å²) in [5.74, 6) is 0.960. The topological polar surface area (TPSA) is 79.0 Å². The quantitative estimate of drug-likeness (QED) is 0.546. The molecule has 7 heteroatoms. The number of aromatic amines is 1. The molecule has 0 aliphatic carbocycles. The second kappa shape index (κ2) is 7.99. The first kappa shape index (κ1) is 18.9. The Kier molecular flexibility index (Phi) is 5.04. The summed E-state index contributed by atoms with van der Waals surface area (Å²) in [5.41, 5.74) is 1.54. The molecule has 0 saturated carbocycles. The largest absolute Gasteiger partial charge is 0.342 e. The lowest BCUT2D eigenvalue weighted by Crippen LogP contribution is -2.39. The number of aromatic nitrogens is 3. The van der Waals surface area contributed by atoms with Gasteiger partial charge < -0.3 is 9.88 Å². The summed E-state index contributed by atoms with van der Waals surface area (Å²) >= 11 is 1.73. The van der Waals surface area contributed by atoms with Crippen molar-refractivity contribution in [3.8, 4) is 0 Å². The van der Waals surface area contributed by atoms with Crippen molar-refractivity contribution in [3.63, 3.8) is 0 Å². The van der Waals surface area contributed by atoms with Crippen LogP contribution in [0.4, 0.5) is 0 Å². The number of amides is 1. The summed E-state index contributed by atoms with van der Waals surface area (Å²) in [6, 6.07) is 15.4. The fourth-order valence-corrected chi connectivity index (χ4v) is 5.20. The number of hydrogen-bond acceptors (Lipinski definition) is 5. The van der Waals surface area contributed by atoms with E-state index in [1.165, 1.54) is 4.70 Å². The molecule has 2 aromatic heterocycles. The van der Waals surface area contributed by atoms with Crippen molar-refractivity contribution in [1.82, 2.24) is 19.9 Å². The van der Waals surface area contributed by atoms with Crippen molar-refractivity contribution in [2.75, 3.05) is 13.1 Å². The minimum Gasteiger partial charge on any atom is -0.342 e. The molecule has 1 atom stereocenters. The normalized spacial score (nSPS) is 16.9. The average Bonchev–Trinajstić information content (AvgIpc) is 3.22. The molecule has 2 aromatic carbocycles. The first-order valence-electron chi connectivity index (χ1n) is 10.3. The average molecular weight is 419 g/mol. The number of nitrogens with one attached hydrogen (secondary N) is 1. The minimum atomic E-state index is -0.156. The number of hydrogen-bond donors (Lipinski definition) is 1. The highest BCUT2D eigenvalue weighted by molar-refractivity contribution is 7.18. The molecule has 1 aliphatic heterocycles. The number of benzene rings is 2. The number of aryl methyl sites for hydroxylation is 1. The fourth-order valence-electron chi connectivity index (χ4n) is 4.11. The molecule has 1 saturated heterocycles. The predicted octanol–water partition coefficient (Wildman–Crippen LogP) is 3.87. The number of carbonyl (C=O) groups is 1. The second-order valence-electron chi connectivity index (χ2n) is 7.73. The van der Waals surface area contributed by atoms with Crippen LogP contribution in [0.1, 0.15) is 36.0 Å². The summed E-state index contributed by atoms with van der Waals surface area (Å²) in [7, 11) is 0. The van der Waals surface area contributed by atoms with Crippen molar-refractivity contribution in [3.05, 3.63) is 69.7 Å². The van der Waals surface area contributed by atoms with Crippen LogP contribution in [0.5, 0.6) is 0 Å². The zero-order chi connectivity index (χ0) is 20.5. The maximum absolute atomic E-state index is 12.9. The molecule has 1 fully saturated rings. The van der Waals surface area contributed by atoms with E-state index in [9.17, 15) is 9.59 Å². The monoisotopic (exact) mass is 418 g/mol. The Hall–Kier alpha value is -3.06. The predicted molar refractivity (Wildman–Crippen MR) is 119 cm³/mol. The number of piperidine rings is 1. The third-order valence-electron chi connectivity index (χ3n) is 5.67. The van der Waals surface area contributed by atoms with Crippen molar-refractivity contribution < 1.29 is 4.79 Å². The van der Waals surface area contributed by atoms with E-state index in [0.717, 1.165) is 29.9 Å². The van der Waals surface area contributed by atoms with Gasteiger partial charge in [-0.1, -0.05) is 24.3 Å². The fraction of sp³-hybridized carbons (Fsp3) is 0.304. The summed E-state index contributed by atoms with van der Waals surface area (Å²) in [4.78, 5) is 39.1. The van der Waals surface area contributed by atoms with Gasteiger partial charge in [-0.05, 0) is 37.1 Å². The van der Waals surface area contributed by atoms with Crippen LogP contribution in [0.25, 0.3) is 21.1 Å². The van der Waals surface area contributed by atoms with Gasteiger partial charge in [-0.25, -0.2) is 9.97 Å². The van der Waals surface area contributed by atoms with Crippen LogP contribution in [-0.2, 0) is 11.2 Å². The number of fused-ring (bicyclic) bond motifs is 2. The molecule has 0 spiro atoms. The van der Waals surface area contributed by atoms with Crippen LogP contribution in [0.3, 0.4) is 0 Å². The maximum atomic E-state index is 12.9. The Labute approximate surface area is 177 Å². The molecule has 1 aliphatic rings. The number of H-pyrrole nitrogens is 1. The minimum absolute atomic E-state index is 0.108. The van der Waals surface area contributed by atoms with Crippen LogP contribution in [0.2, 0.25) is 0 Å². The zero-order valence-electron chi connectivity index (χ0n) is 16.5. The van der Waals surface area contributed by atoms with E-state index in [-0.39, 0.29) is 11.5 Å². The molecule has 152 valence electrons. The standard InChI is InChI=1S/C23H22N4O2S/c28-21(12-11-20-24-17-8-2-1-7-16(17)22(29)26-20)27-13-5-6-15(14-27)23-25-18-9-3-4-10-19(18)30-23/h1-4,7-10,15H,5-6,11-14H2,(H,24,26,29). The molecular weight excluding hydrogens is 396 g/mol. The Morgan fingerprint density at radius 1 is 1.10 bits per heavy atom. The van der Waals surface area contributed by atoms with E-state index in [1.54, 1.807) is 17.4 Å². The number of thiazole rings is 1. The van der Waals surface area contributed by atoms with Crippen molar-refractivity contribution >= 4 is 38.4 Å². The van der Waals surface area contributed by atoms with Gasteiger partial charge in [-0.15, -0.1) is 11.3 Å². The third kappa shape index (κ3) is 3.73. The Bertz CT molecular complexity index is 1250. The summed E-state index contributed by atoms with van der Waals surface area (Å²) in [6.07, 6.45) is 2.82. The molecule has 1 N–H and O–H groups in total. The van der Waals surface area contributed by atoms with Crippen LogP contribution in [-0.4, -0.2) is 38.8 Å². The van der Waals surface area contributed by atoms with Gasteiger partial charge in [0.15, 0.2) is 0 Å². The number of carbonyl (C=O) groups excluding carboxylic acids is 1. The third-order valence-corrected chi connectivity index (χ3v) is 6.87. The molecule has 6 nitrogen and oxygen atoms in total. The molecule has 1 amide bonds. The summed E-state index contributed by atoms with van der Waals surface area (Å²) in [5, 5.41) is 1.69. The first-order valence-corrected chi connectivity index (χ1v) is 11.1. The summed E-state index contributed by atoms with van der Waals surface area (Å²) in [6.45, 7) is 1.49. The summed E-state index contributed by atoms with van der Waals surface area (Å²) < 4.78 is 1.20. The van der Waals surface area contributed by atoms with E-state index < -0.39 is 0 Å². The van der Waals surface area contributed by atoms with E-state index in [2.05, 4.69) is 16.0 Å². The molecule has 5 rings (SSSR count). The van der Waals surface area contributed by atoms with Crippen LogP contribution in [0, 0.1) is 0 Å². The van der Waals surface area contributed by atoms with Crippen LogP contribution in [0.15, 0.2) is 53.3 Å². The smallest absolute Gasteiger partial charge is 0.258 e. The highest BCUT2D eigenvalue weighted by Crippen LogP contribution is 2.33. The van der Waals surface area contributed by atoms with E-state index >= 15 is 0 Å². The van der Waals surface area contributed by atoms with Gasteiger partial charge >= 0.3 is 0 Å². The molecule has 0 radical (unpaired) electrons. The lowest BCUT2D eigenvalue weighted by Gasteiger charge is -2.32. The van der Waals surface area contributed by atoms with E-state index in [1.807, 2.05) is 41.3 Å². The molecule has 1 unspecified atom stereocenters. The lowest BCUT2D eigenvalue weighted by atomic mass is 9.98. The Morgan fingerprint density at radius 3 is 2.77 bits per heavy atom. The van der Waals surface area contributed by atoms with Gasteiger partial charge in [0.2, 0.25) is 5.91 Å². The number of para-hydroxylation sites is 2. The first-order chi connectivity index (χ1) is 14.7. The lowest BCUT2D eigenvalue weighted by molar-refractivity contribution is -0.132. The van der Waals surface area contributed by atoms with Gasteiger partial charge in [0, 0.05) is 31.8 Å². The van der Waals surface area contributed by atoms with Gasteiger partial charge in [0.05, 0.1) is 26.1 Å². The van der Waals surface area contributed by atoms with Crippen molar-refractivity contribution in [2.24, 2.45) is 0 Å². The zero-order valence-corrected chi connectivity index (χ0v) is 17.3. The second-order valence-corrected chi connectivity index (χ2v) is 8.79. The maximum Gasteiger partial charge on any atom is 0.258 e. The molecule has 3 heterocycles. The Morgan fingerprint density at radius 2 is 1.90 bits per heavy atom. The molecule has 0 bridgehead atoms. The van der Waals surface area contributed by atoms with Crippen LogP contribution < -0.4 is 5.56 Å². The van der Waals surface area contributed by atoms with Gasteiger partial charge in [0.25, 0.3) is 5.56 Å². The number of nitrogens with zero attached hydrogens (tertiary/aromatic N) is 3. The number of rotatable bonds is 4. The van der Waals surface area contributed by atoms with Gasteiger partial charge in [-0.3, -0.25) is 9.59 Å². The Balaban J connectivity index is 1.26. The van der Waals surface area contributed by atoms with Gasteiger partial charge in [0.1, 0.15) is 5.82 Å². The molecular formula is C23H22N4O2S. The van der Waals surface area contributed by atoms with Crippen molar-refractivity contribution in [2.45, 2.75) is 31.6 Å².